The highest BCUT2D eigenvalue weighted by atomic mass is 79.9. The summed E-state index contributed by atoms with van der Waals surface area (Å²) in [5.74, 6) is -1.07. The lowest BCUT2D eigenvalue weighted by molar-refractivity contribution is -0.143. The van der Waals surface area contributed by atoms with E-state index in [-0.39, 0.29) is 0 Å². The summed E-state index contributed by atoms with van der Waals surface area (Å²) in [7, 11) is 1.21. The molecule has 1 aromatic heterocycles. The first kappa shape index (κ1) is 14.1. The molecule has 0 spiro atoms. The average molecular weight is 331 g/mol. The minimum atomic E-state index is -1.04. The van der Waals surface area contributed by atoms with Gasteiger partial charge in [-0.1, -0.05) is 0 Å². The first-order valence-corrected chi connectivity index (χ1v) is 6.73. The van der Waals surface area contributed by atoms with Crippen LogP contribution >= 0.6 is 15.9 Å². The smallest absolute Gasteiger partial charge is 0.330 e. The van der Waals surface area contributed by atoms with Gasteiger partial charge in [-0.2, -0.15) is 0 Å². The topological polar surface area (TPSA) is 80.6 Å². The highest BCUT2D eigenvalue weighted by Crippen LogP contribution is 2.37. The van der Waals surface area contributed by atoms with Crippen LogP contribution in [0.4, 0.5) is 0 Å². The molecular weight excluding hydrogens is 316 g/mol. The molecule has 7 heteroatoms. The van der Waals surface area contributed by atoms with Gasteiger partial charge in [0.05, 0.1) is 13.7 Å². The van der Waals surface area contributed by atoms with Crippen molar-refractivity contribution < 1.29 is 19.4 Å². The number of nitrogens with one attached hydrogen (secondary N) is 1. The monoisotopic (exact) mass is 330 g/mol. The average Bonchev–Trinajstić information content (AvgIpc) is 3.17. The van der Waals surface area contributed by atoms with Crippen molar-refractivity contribution in [3.8, 4) is 0 Å². The molecule has 2 N–H and O–H groups in total. The molecular formula is C12H15BrN2O4. The maximum atomic E-state index is 12.1. The maximum Gasteiger partial charge on any atom is 0.330 e. The molecule has 1 saturated carbocycles. The normalized spacial score (nSPS) is 15.9. The number of amides is 1. The third-order valence-corrected chi connectivity index (χ3v) is 3.40. The summed E-state index contributed by atoms with van der Waals surface area (Å²) in [5, 5.41) is 11.6. The van der Waals surface area contributed by atoms with Crippen molar-refractivity contribution in [3.05, 3.63) is 22.4 Å². The Kier molecular flexibility index (Phi) is 4.26. The molecule has 1 amide bonds. The zero-order chi connectivity index (χ0) is 14.0. The van der Waals surface area contributed by atoms with Crippen LogP contribution in [0.3, 0.4) is 0 Å². The van der Waals surface area contributed by atoms with Gasteiger partial charge < -0.3 is 19.7 Å². The number of halogens is 1. The van der Waals surface area contributed by atoms with Crippen LogP contribution in [0.15, 0.2) is 16.7 Å². The number of hydrogen-bond donors (Lipinski definition) is 2. The van der Waals surface area contributed by atoms with E-state index in [0.717, 1.165) is 17.3 Å². The Balaban J connectivity index is 2.13. The molecule has 6 nitrogen and oxygen atoms in total. The summed E-state index contributed by atoms with van der Waals surface area (Å²) in [5.41, 5.74) is 0.469. The third kappa shape index (κ3) is 3.16. The van der Waals surface area contributed by atoms with Crippen molar-refractivity contribution in [2.24, 2.45) is 0 Å². The van der Waals surface area contributed by atoms with Crippen LogP contribution in [-0.4, -0.2) is 41.3 Å². The second-order valence-electron chi connectivity index (χ2n) is 4.41. The lowest BCUT2D eigenvalue weighted by Crippen LogP contribution is -2.44. The van der Waals surface area contributed by atoms with Crippen LogP contribution in [0.1, 0.15) is 29.4 Å². The molecule has 0 aliphatic heterocycles. The van der Waals surface area contributed by atoms with Crippen molar-refractivity contribution in [2.75, 3.05) is 13.7 Å². The van der Waals surface area contributed by atoms with Crippen LogP contribution in [0.5, 0.6) is 0 Å². The molecule has 1 aromatic rings. The largest absolute Gasteiger partial charge is 0.467 e. The van der Waals surface area contributed by atoms with Crippen LogP contribution in [-0.2, 0) is 9.53 Å². The molecule has 2 rings (SSSR count). The number of nitrogens with zero attached hydrogens (tertiary/aromatic N) is 1. The highest BCUT2D eigenvalue weighted by molar-refractivity contribution is 9.10. The second kappa shape index (κ2) is 5.75. The van der Waals surface area contributed by atoms with Crippen LogP contribution in [0.25, 0.3) is 0 Å². The lowest BCUT2D eigenvalue weighted by atomic mass is 10.3. The SMILES string of the molecule is COC(=O)C(CO)NC(=O)c1cc(Br)cn1C1CC1. The molecule has 0 bridgehead atoms. The van der Waals surface area contributed by atoms with E-state index in [9.17, 15) is 9.59 Å². The first-order chi connectivity index (χ1) is 9.06. The van der Waals surface area contributed by atoms with Gasteiger partial charge in [-0.3, -0.25) is 4.79 Å². The Hall–Kier alpha value is -1.34. The van der Waals surface area contributed by atoms with Gasteiger partial charge in [-0.15, -0.1) is 0 Å². The molecule has 0 aromatic carbocycles. The molecule has 0 radical (unpaired) electrons. The lowest BCUT2D eigenvalue weighted by Gasteiger charge is -2.14. The molecule has 1 atom stereocenters. The molecule has 1 fully saturated rings. The van der Waals surface area contributed by atoms with Gasteiger partial charge in [0.25, 0.3) is 5.91 Å². The number of esters is 1. The third-order valence-electron chi connectivity index (χ3n) is 2.96. The number of ether oxygens (including phenoxy) is 1. The zero-order valence-corrected chi connectivity index (χ0v) is 12.0. The van der Waals surface area contributed by atoms with E-state index in [1.807, 2.05) is 10.8 Å². The Morgan fingerprint density at radius 2 is 2.32 bits per heavy atom. The number of carbonyl (C=O) groups excluding carboxylic acids is 2. The first-order valence-electron chi connectivity index (χ1n) is 5.93. The molecule has 0 saturated heterocycles. The maximum absolute atomic E-state index is 12.1. The Labute approximate surface area is 118 Å². The molecule has 19 heavy (non-hydrogen) atoms. The Morgan fingerprint density at radius 1 is 1.63 bits per heavy atom. The van der Waals surface area contributed by atoms with Gasteiger partial charge in [0.15, 0.2) is 6.04 Å². The Morgan fingerprint density at radius 3 is 2.84 bits per heavy atom. The molecule has 1 unspecified atom stereocenters. The summed E-state index contributed by atoms with van der Waals surface area (Å²) in [6.45, 7) is -0.496. The van der Waals surface area contributed by atoms with E-state index in [1.165, 1.54) is 7.11 Å². The van der Waals surface area contributed by atoms with Gasteiger partial charge in [0.2, 0.25) is 0 Å². The van der Waals surface area contributed by atoms with E-state index in [0.29, 0.717) is 11.7 Å². The molecule has 1 aliphatic carbocycles. The van der Waals surface area contributed by atoms with Gasteiger partial charge in [0.1, 0.15) is 5.69 Å². The minimum absolute atomic E-state index is 0.345. The number of rotatable bonds is 5. The summed E-state index contributed by atoms with van der Waals surface area (Å²) in [4.78, 5) is 23.5. The summed E-state index contributed by atoms with van der Waals surface area (Å²) in [6.07, 6.45) is 3.93. The van der Waals surface area contributed by atoms with Crippen LogP contribution in [0, 0.1) is 0 Å². The van der Waals surface area contributed by atoms with Crippen molar-refractivity contribution in [1.82, 2.24) is 9.88 Å². The fraction of sp³-hybridized carbons (Fsp3) is 0.500. The standard InChI is InChI=1S/C12H15BrN2O4/c1-19-12(18)9(6-16)14-11(17)10-4-7(13)5-15(10)8-2-3-8/h4-5,8-9,16H,2-3,6H2,1H3,(H,14,17). The summed E-state index contributed by atoms with van der Waals surface area (Å²) in [6, 6.07) is 0.996. The fourth-order valence-corrected chi connectivity index (χ4v) is 2.27. The number of aromatic nitrogens is 1. The number of aliphatic hydroxyl groups is 1. The van der Waals surface area contributed by atoms with E-state index in [1.54, 1.807) is 6.07 Å². The predicted molar refractivity (Wildman–Crippen MR) is 70.8 cm³/mol. The summed E-state index contributed by atoms with van der Waals surface area (Å²) >= 11 is 3.33. The fourth-order valence-electron chi connectivity index (χ4n) is 1.84. The van der Waals surface area contributed by atoms with Gasteiger partial charge in [-0.05, 0) is 34.8 Å². The number of methoxy groups -OCH3 is 1. The number of hydrogen-bond acceptors (Lipinski definition) is 4. The summed E-state index contributed by atoms with van der Waals surface area (Å²) < 4.78 is 7.19. The van der Waals surface area contributed by atoms with Crippen LogP contribution in [0.2, 0.25) is 0 Å². The van der Waals surface area contributed by atoms with Crippen molar-refractivity contribution in [3.63, 3.8) is 0 Å². The highest BCUT2D eigenvalue weighted by Gasteiger charge is 2.29. The van der Waals surface area contributed by atoms with Crippen LogP contribution < -0.4 is 5.32 Å². The minimum Gasteiger partial charge on any atom is -0.467 e. The molecule has 1 aliphatic rings. The van der Waals surface area contributed by atoms with Gasteiger partial charge in [0, 0.05) is 16.7 Å². The quantitative estimate of drug-likeness (QED) is 0.784. The van der Waals surface area contributed by atoms with E-state index >= 15 is 0 Å². The van der Waals surface area contributed by atoms with Crippen molar-refractivity contribution in [2.45, 2.75) is 24.9 Å². The second-order valence-corrected chi connectivity index (χ2v) is 5.33. The zero-order valence-electron chi connectivity index (χ0n) is 10.4. The Bertz CT molecular complexity index is 496. The predicted octanol–water partition coefficient (Wildman–Crippen LogP) is 0.849. The van der Waals surface area contributed by atoms with Gasteiger partial charge in [-0.25, -0.2) is 4.79 Å². The van der Waals surface area contributed by atoms with Crippen molar-refractivity contribution >= 4 is 27.8 Å². The van der Waals surface area contributed by atoms with E-state index in [4.69, 9.17) is 5.11 Å². The molecule has 1 heterocycles. The molecule has 104 valence electrons. The number of aliphatic hydroxyl groups excluding tert-OH is 1. The van der Waals surface area contributed by atoms with Gasteiger partial charge >= 0.3 is 5.97 Å². The van der Waals surface area contributed by atoms with Crippen molar-refractivity contribution in [1.29, 1.82) is 0 Å². The van der Waals surface area contributed by atoms with E-state index in [2.05, 4.69) is 26.0 Å². The number of carbonyl (C=O) groups is 2. The van der Waals surface area contributed by atoms with E-state index < -0.39 is 24.5 Å².